The number of aryl methyl sites for hydroxylation is 2. The second-order valence-corrected chi connectivity index (χ2v) is 8.69. The third-order valence-corrected chi connectivity index (χ3v) is 5.87. The van der Waals surface area contributed by atoms with E-state index in [4.69, 9.17) is 5.10 Å². The van der Waals surface area contributed by atoms with Crippen LogP contribution in [0.25, 0.3) is 5.69 Å². The van der Waals surface area contributed by atoms with Gasteiger partial charge in [0.05, 0.1) is 11.9 Å². The molecule has 1 amide bonds. The van der Waals surface area contributed by atoms with E-state index in [1.165, 1.54) is 5.56 Å². The van der Waals surface area contributed by atoms with E-state index in [9.17, 15) is 4.79 Å². The maximum absolute atomic E-state index is 13.3. The van der Waals surface area contributed by atoms with Crippen LogP contribution < -0.4 is 0 Å². The number of amides is 1. The molecule has 6 heteroatoms. The summed E-state index contributed by atoms with van der Waals surface area (Å²) in [6, 6.07) is 12.0. The summed E-state index contributed by atoms with van der Waals surface area (Å²) in [5.74, 6) is 0.281. The van der Waals surface area contributed by atoms with Crippen LogP contribution in [0.15, 0.2) is 48.8 Å². The number of carbonyl (C=O) groups is 1. The van der Waals surface area contributed by atoms with Crippen LogP contribution in [0.2, 0.25) is 0 Å². The third-order valence-electron chi connectivity index (χ3n) is 5.87. The van der Waals surface area contributed by atoms with Gasteiger partial charge in [-0.3, -0.25) is 9.48 Å². The standard InChI is InChI=1S/C23H29N5O/c1-5-9-19-12-21(25-28(19)18-10-7-6-8-11-18)22(29)27-15-20(23(2,3)16-27)17-13-24-26(4)14-17/h6-8,10-14,20H,5,9,15-16H2,1-4H3. The summed E-state index contributed by atoms with van der Waals surface area (Å²) < 4.78 is 3.74. The Balaban J connectivity index is 1.61. The van der Waals surface area contributed by atoms with E-state index in [0.29, 0.717) is 18.8 Å². The molecule has 2 aromatic heterocycles. The van der Waals surface area contributed by atoms with Gasteiger partial charge < -0.3 is 4.90 Å². The third kappa shape index (κ3) is 3.71. The predicted molar refractivity (Wildman–Crippen MR) is 113 cm³/mol. The van der Waals surface area contributed by atoms with Crippen molar-refractivity contribution in [1.29, 1.82) is 0 Å². The molecule has 0 radical (unpaired) electrons. The Morgan fingerprint density at radius 2 is 2.00 bits per heavy atom. The average Bonchev–Trinajstić information content (AvgIpc) is 3.39. The van der Waals surface area contributed by atoms with Gasteiger partial charge >= 0.3 is 0 Å². The fourth-order valence-electron chi connectivity index (χ4n) is 4.38. The molecule has 0 saturated carbocycles. The maximum atomic E-state index is 13.3. The van der Waals surface area contributed by atoms with Crippen molar-refractivity contribution in [2.75, 3.05) is 13.1 Å². The van der Waals surface area contributed by atoms with Gasteiger partial charge in [0.2, 0.25) is 0 Å². The van der Waals surface area contributed by atoms with Crippen molar-refractivity contribution in [2.45, 2.75) is 39.5 Å². The summed E-state index contributed by atoms with van der Waals surface area (Å²) in [6.07, 6.45) is 5.87. The Morgan fingerprint density at radius 1 is 1.24 bits per heavy atom. The Labute approximate surface area is 172 Å². The van der Waals surface area contributed by atoms with E-state index >= 15 is 0 Å². The van der Waals surface area contributed by atoms with Crippen LogP contribution in [-0.2, 0) is 13.5 Å². The SMILES string of the molecule is CCCc1cc(C(=O)N2CC(c3cnn(C)c3)C(C)(C)C2)nn1-c1ccccc1. The van der Waals surface area contributed by atoms with E-state index < -0.39 is 0 Å². The molecule has 152 valence electrons. The van der Waals surface area contributed by atoms with Gasteiger partial charge in [-0.15, -0.1) is 0 Å². The zero-order valence-electron chi connectivity index (χ0n) is 17.7. The zero-order valence-corrected chi connectivity index (χ0v) is 17.7. The molecule has 4 rings (SSSR count). The van der Waals surface area contributed by atoms with Crippen LogP contribution in [-0.4, -0.2) is 43.5 Å². The van der Waals surface area contributed by atoms with Crippen LogP contribution in [0.4, 0.5) is 0 Å². The highest BCUT2D eigenvalue weighted by molar-refractivity contribution is 5.93. The fourth-order valence-corrected chi connectivity index (χ4v) is 4.38. The summed E-state index contributed by atoms with van der Waals surface area (Å²) in [7, 11) is 1.93. The molecule has 0 N–H and O–H groups in total. The quantitative estimate of drug-likeness (QED) is 0.664. The molecule has 0 bridgehead atoms. The fraction of sp³-hybridized carbons (Fsp3) is 0.435. The van der Waals surface area contributed by atoms with Gasteiger partial charge in [-0.05, 0) is 35.6 Å². The molecule has 3 heterocycles. The molecule has 1 saturated heterocycles. The molecule has 1 aliphatic heterocycles. The van der Waals surface area contributed by atoms with Crippen LogP contribution in [0.3, 0.4) is 0 Å². The summed E-state index contributed by atoms with van der Waals surface area (Å²) in [5.41, 5.74) is 3.77. The summed E-state index contributed by atoms with van der Waals surface area (Å²) in [5, 5.41) is 9.02. The number of aromatic nitrogens is 4. The number of nitrogens with zero attached hydrogens (tertiary/aromatic N) is 5. The van der Waals surface area contributed by atoms with Gasteiger partial charge in [0.15, 0.2) is 5.69 Å². The smallest absolute Gasteiger partial charge is 0.274 e. The summed E-state index contributed by atoms with van der Waals surface area (Å²) >= 11 is 0. The van der Waals surface area contributed by atoms with Crippen molar-refractivity contribution in [2.24, 2.45) is 12.5 Å². The Kier molecular flexibility index (Phi) is 5.03. The van der Waals surface area contributed by atoms with Crippen LogP contribution in [0.5, 0.6) is 0 Å². The van der Waals surface area contributed by atoms with E-state index in [-0.39, 0.29) is 17.2 Å². The largest absolute Gasteiger partial charge is 0.336 e. The topological polar surface area (TPSA) is 56.0 Å². The van der Waals surface area contributed by atoms with Gasteiger partial charge in [-0.1, -0.05) is 45.4 Å². The van der Waals surface area contributed by atoms with Crippen molar-refractivity contribution in [3.63, 3.8) is 0 Å². The first-order valence-electron chi connectivity index (χ1n) is 10.3. The van der Waals surface area contributed by atoms with Gasteiger partial charge in [0, 0.05) is 37.9 Å². The number of rotatable bonds is 5. The second kappa shape index (κ2) is 7.50. The molecule has 1 unspecified atom stereocenters. The number of likely N-dealkylation sites (tertiary alicyclic amines) is 1. The lowest BCUT2D eigenvalue weighted by atomic mass is 9.79. The number of para-hydroxylation sites is 1. The zero-order chi connectivity index (χ0) is 20.6. The van der Waals surface area contributed by atoms with Crippen molar-refractivity contribution < 1.29 is 4.79 Å². The summed E-state index contributed by atoms with van der Waals surface area (Å²) in [6.45, 7) is 8.00. The molecule has 1 aliphatic rings. The normalized spacial score (nSPS) is 18.3. The van der Waals surface area contributed by atoms with Crippen LogP contribution in [0.1, 0.15) is 54.9 Å². The minimum Gasteiger partial charge on any atom is -0.336 e. The van der Waals surface area contributed by atoms with Crippen molar-refractivity contribution in [3.8, 4) is 5.69 Å². The van der Waals surface area contributed by atoms with E-state index in [2.05, 4.69) is 32.1 Å². The van der Waals surface area contributed by atoms with Gasteiger partial charge in [0.25, 0.3) is 5.91 Å². The van der Waals surface area contributed by atoms with Gasteiger partial charge in [0.1, 0.15) is 0 Å². The second-order valence-electron chi connectivity index (χ2n) is 8.69. The molecule has 1 aromatic carbocycles. The lowest BCUT2D eigenvalue weighted by molar-refractivity contribution is 0.0771. The number of benzene rings is 1. The lowest BCUT2D eigenvalue weighted by Gasteiger charge is -2.24. The Hall–Kier alpha value is -2.89. The van der Waals surface area contributed by atoms with E-state index in [0.717, 1.165) is 24.2 Å². The number of hydrogen-bond acceptors (Lipinski definition) is 3. The molecule has 1 atom stereocenters. The highest BCUT2D eigenvalue weighted by atomic mass is 16.2. The molecular weight excluding hydrogens is 362 g/mol. The van der Waals surface area contributed by atoms with Crippen LogP contribution in [0, 0.1) is 5.41 Å². The Bertz CT molecular complexity index is 1000. The molecule has 29 heavy (non-hydrogen) atoms. The minimum atomic E-state index is -0.00701. The van der Waals surface area contributed by atoms with Crippen molar-refractivity contribution in [1.82, 2.24) is 24.5 Å². The minimum absolute atomic E-state index is 0.00701. The van der Waals surface area contributed by atoms with Gasteiger partial charge in [-0.2, -0.15) is 10.2 Å². The molecule has 6 nitrogen and oxygen atoms in total. The highest BCUT2D eigenvalue weighted by Crippen LogP contribution is 2.42. The predicted octanol–water partition coefficient (Wildman–Crippen LogP) is 3.82. The molecular formula is C23H29N5O. The molecule has 3 aromatic rings. The highest BCUT2D eigenvalue weighted by Gasteiger charge is 2.43. The van der Waals surface area contributed by atoms with E-state index in [1.54, 1.807) is 0 Å². The van der Waals surface area contributed by atoms with E-state index in [1.807, 2.05) is 63.9 Å². The first-order valence-corrected chi connectivity index (χ1v) is 10.3. The van der Waals surface area contributed by atoms with Crippen molar-refractivity contribution in [3.05, 3.63) is 65.7 Å². The van der Waals surface area contributed by atoms with Crippen LogP contribution >= 0.6 is 0 Å². The number of carbonyl (C=O) groups excluding carboxylic acids is 1. The van der Waals surface area contributed by atoms with Gasteiger partial charge in [-0.25, -0.2) is 4.68 Å². The number of hydrogen-bond donors (Lipinski definition) is 0. The first-order chi connectivity index (χ1) is 13.9. The molecule has 0 spiro atoms. The lowest BCUT2D eigenvalue weighted by Crippen LogP contribution is -2.30. The first kappa shape index (κ1) is 19.4. The maximum Gasteiger partial charge on any atom is 0.274 e. The average molecular weight is 392 g/mol. The monoisotopic (exact) mass is 391 g/mol. The molecule has 1 fully saturated rings. The Morgan fingerprint density at radius 3 is 2.66 bits per heavy atom. The molecule has 0 aliphatic carbocycles. The van der Waals surface area contributed by atoms with Crippen molar-refractivity contribution >= 4 is 5.91 Å². The summed E-state index contributed by atoms with van der Waals surface area (Å²) in [4.78, 5) is 15.3.